The Kier molecular flexibility index (Phi) is 8.18. The first-order valence-electron chi connectivity index (χ1n) is 10.4. The molecular formula is C24H36N2O. The maximum atomic E-state index is 6.30. The molecule has 0 aliphatic carbocycles. The molecule has 3 heteroatoms. The van der Waals surface area contributed by atoms with Gasteiger partial charge in [-0.15, -0.1) is 0 Å². The summed E-state index contributed by atoms with van der Waals surface area (Å²) in [5.41, 5.74) is 4.94. The van der Waals surface area contributed by atoms with Crippen molar-refractivity contribution < 1.29 is 4.74 Å². The minimum absolute atomic E-state index is 0.0403. The molecule has 0 aliphatic heterocycles. The molecule has 148 valence electrons. The third-order valence-electron chi connectivity index (χ3n) is 5.06. The van der Waals surface area contributed by atoms with Crippen molar-refractivity contribution in [3.63, 3.8) is 0 Å². The van der Waals surface area contributed by atoms with Crippen molar-refractivity contribution in [2.75, 3.05) is 36.0 Å². The second kappa shape index (κ2) is 10.4. The fraction of sp³-hybridized carbons (Fsp3) is 0.500. The zero-order chi connectivity index (χ0) is 19.8. The van der Waals surface area contributed by atoms with E-state index in [0.29, 0.717) is 0 Å². The molecule has 0 heterocycles. The topological polar surface area (TPSA) is 15.7 Å². The van der Waals surface area contributed by atoms with Gasteiger partial charge in [0.2, 0.25) is 0 Å². The van der Waals surface area contributed by atoms with Crippen LogP contribution < -0.4 is 9.80 Å². The molecule has 0 radical (unpaired) electrons. The maximum Gasteiger partial charge on any atom is 0.108 e. The monoisotopic (exact) mass is 368 g/mol. The average molecular weight is 369 g/mol. The highest BCUT2D eigenvalue weighted by atomic mass is 16.5. The molecule has 27 heavy (non-hydrogen) atoms. The lowest BCUT2D eigenvalue weighted by Crippen LogP contribution is -2.22. The molecule has 0 aromatic heterocycles. The van der Waals surface area contributed by atoms with Crippen LogP contribution in [0.3, 0.4) is 0 Å². The lowest BCUT2D eigenvalue weighted by atomic mass is 10.00. The van der Waals surface area contributed by atoms with Crippen LogP contribution in [0.1, 0.15) is 58.8 Å². The van der Waals surface area contributed by atoms with Crippen LogP contribution in [-0.4, -0.2) is 32.3 Å². The number of hydrogen-bond acceptors (Lipinski definition) is 3. The summed E-state index contributed by atoms with van der Waals surface area (Å²) >= 11 is 0. The standard InChI is InChI=1S/C24H36N2O/c1-7-25(8-2)22-15-11-20(12-16-22)24(27-19(5)6)21-13-17-23(18-14-21)26(9-3)10-4/h11-19,24H,7-10H2,1-6H3. The summed E-state index contributed by atoms with van der Waals surface area (Å²) in [6.45, 7) is 17.1. The van der Waals surface area contributed by atoms with E-state index in [-0.39, 0.29) is 12.2 Å². The van der Waals surface area contributed by atoms with Crippen LogP contribution in [0.2, 0.25) is 0 Å². The quantitative estimate of drug-likeness (QED) is 0.520. The Morgan fingerprint density at radius 2 is 0.963 bits per heavy atom. The number of nitrogens with zero attached hydrogens (tertiary/aromatic N) is 2. The van der Waals surface area contributed by atoms with E-state index >= 15 is 0 Å². The van der Waals surface area contributed by atoms with Crippen molar-refractivity contribution in [1.29, 1.82) is 0 Å². The first kappa shape index (κ1) is 21.3. The van der Waals surface area contributed by atoms with Crippen LogP contribution in [-0.2, 0) is 4.74 Å². The summed E-state index contributed by atoms with van der Waals surface area (Å²) in [4.78, 5) is 4.72. The third-order valence-corrected chi connectivity index (χ3v) is 5.06. The Morgan fingerprint density at radius 3 is 1.22 bits per heavy atom. The van der Waals surface area contributed by atoms with Gasteiger partial charge >= 0.3 is 0 Å². The van der Waals surface area contributed by atoms with Gasteiger partial charge in [0.05, 0.1) is 6.10 Å². The number of rotatable bonds is 10. The normalized spacial score (nSPS) is 11.3. The molecule has 0 bridgehead atoms. The fourth-order valence-corrected chi connectivity index (χ4v) is 3.52. The molecule has 0 unspecified atom stereocenters. The van der Waals surface area contributed by atoms with Crippen molar-refractivity contribution in [3.05, 3.63) is 59.7 Å². The minimum atomic E-state index is -0.0403. The molecule has 0 saturated heterocycles. The second-order valence-electron chi connectivity index (χ2n) is 7.09. The van der Waals surface area contributed by atoms with Gasteiger partial charge < -0.3 is 14.5 Å². The predicted octanol–water partition coefficient (Wildman–Crippen LogP) is 5.89. The van der Waals surface area contributed by atoms with Gasteiger partial charge in [-0.1, -0.05) is 24.3 Å². The average Bonchev–Trinajstić information content (AvgIpc) is 2.69. The van der Waals surface area contributed by atoms with E-state index in [1.807, 2.05) is 0 Å². The summed E-state index contributed by atoms with van der Waals surface area (Å²) in [7, 11) is 0. The molecule has 0 saturated carbocycles. The van der Waals surface area contributed by atoms with Crippen LogP contribution in [0.5, 0.6) is 0 Å². The Bertz CT molecular complexity index is 600. The summed E-state index contributed by atoms with van der Waals surface area (Å²) in [5, 5.41) is 0. The largest absolute Gasteiger partial charge is 0.372 e. The van der Waals surface area contributed by atoms with E-state index < -0.39 is 0 Å². The molecule has 0 atom stereocenters. The van der Waals surface area contributed by atoms with Crippen LogP contribution in [0.4, 0.5) is 11.4 Å². The third kappa shape index (κ3) is 5.49. The van der Waals surface area contributed by atoms with E-state index in [1.54, 1.807) is 0 Å². The Morgan fingerprint density at radius 1 is 0.630 bits per heavy atom. The van der Waals surface area contributed by atoms with Crippen LogP contribution in [0.25, 0.3) is 0 Å². The van der Waals surface area contributed by atoms with Crippen molar-refractivity contribution in [1.82, 2.24) is 0 Å². The minimum Gasteiger partial charge on any atom is -0.372 e. The van der Waals surface area contributed by atoms with Gasteiger partial charge in [0.15, 0.2) is 0 Å². The second-order valence-corrected chi connectivity index (χ2v) is 7.09. The Hall–Kier alpha value is -2.00. The highest BCUT2D eigenvalue weighted by Gasteiger charge is 2.17. The van der Waals surface area contributed by atoms with Gasteiger partial charge in [0.1, 0.15) is 6.10 Å². The van der Waals surface area contributed by atoms with Crippen LogP contribution in [0, 0.1) is 0 Å². The summed E-state index contributed by atoms with van der Waals surface area (Å²) in [6, 6.07) is 17.7. The summed E-state index contributed by atoms with van der Waals surface area (Å²) in [6.07, 6.45) is 0.126. The van der Waals surface area contributed by atoms with Crippen LogP contribution >= 0.6 is 0 Å². The predicted molar refractivity (Wildman–Crippen MR) is 118 cm³/mol. The molecular weight excluding hydrogens is 332 g/mol. The van der Waals surface area contributed by atoms with Gasteiger partial charge in [0, 0.05) is 37.6 Å². The number of anilines is 2. The number of ether oxygens (including phenoxy) is 1. The van der Waals surface area contributed by atoms with Crippen molar-refractivity contribution in [3.8, 4) is 0 Å². The van der Waals surface area contributed by atoms with E-state index in [2.05, 4.69) is 99.9 Å². The summed E-state index contributed by atoms with van der Waals surface area (Å²) in [5.74, 6) is 0. The van der Waals surface area contributed by atoms with E-state index in [1.165, 1.54) is 22.5 Å². The van der Waals surface area contributed by atoms with E-state index in [9.17, 15) is 0 Å². The van der Waals surface area contributed by atoms with E-state index in [4.69, 9.17) is 4.74 Å². The maximum absolute atomic E-state index is 6.30. The number of benzene rings is 2. The van der Waals surface area contributed by atoms with Gasteiger partial charge in [-0.2, -0.15) is 0 Å². The smallest absolute Gasteiger partial charge is 0.108 e. The molecule has 0 spiro atoms. The van der Waals surface area contributed by atoms with Gasteiger partial charge in [-0.25, -0.2) is 0 Å². The lowest BCUT2D eigenvalue weighted by molar-refractivity contribution is 0.0304. The fourth-order valence-electron chi connectivity index (χ4n) is 3.52. The zero-order valence-corrected chi connectivity index (χ0v) is 17.9. The zero-order valence-electron chi connectivity index (χ0n) is 17.9. The molecule has 2 aromatic carbocycles. The van der Waals surface area contributed by atoms with E-state index in [0.717, 1.165) is 26.2 Å². The molecule has 0 N–H and O–H groups in total. The first-order valence-corrected chi connectivity index (χ1v) is 10.4. The molecule has 0 aliphatic rings. The molecule has 2 aromatic rings. The van der Waals surface area contributed by atoms with Gasteiger partial charge in [-0.05, 0) is 76.9 Å². The molecule has 3 nitrogen and oxygen atoms in total. The Labute approximate surface area is 166 Å². The summed E-state index contributed by atoms with van der Waals surface area (Å²) < 4.78 is 6.30. The Balaban J connectivity index is 2.29. The molecule has 2 rings (SSSR count). The van der Waals surface area contributed by atoms with Crippen molar-refractivity contribution >= 4 is 11.4 Å². The highest BCUT2D eigenvalue weighted by molar-refractivity contribution is 5.51. The molecule has 0 amide bonds. The van der Waals surface area contributed by atoms with Gasteiger partial charge in [0.25, 0.3) is 0 Å². The van der Waals surface area contributed by atoms with Gasteiger partial charge in [-0.3, -0.25) is 0 Å². The first-order chi connectivity index (χ1) is 13.0. The van der Waals surface area contributed by atoms with Crippen molar-refractivity contribution in [2.24, 2.45) is 0 Å². The lowest BCUT2D eigenvalue weighted by Gasteiger charge is -2.25. The van der Waals surface area contributed by atoms with Crippen molar-refractivity contribution in [2.45, 2.75) is 53.8 Å². The molecule has 0 fully saturated rings. The van der Waals surface area contributed by atoms with Crippen LogP contribution in [0.15, 0.2) is 48.5 Å². The highest BCUT2D eigenvalue weighted by Crippen LogP contribution is 2.30. The number of hydrogen-bond donors (Lipinski definition) is 0. The SMILES string of the molecule is CCN(CC)c1ccc(C(OC(C)C)c2ccc(N(CC)CC)cc2)cc1.